The fraction of sp³-hybridized carbons (Fsp3) is 0.368. The summed E-state index contributed by atoms with van der Waals surface area (Å²) in [7, 11) is 1.60. The lowest BCUT2D eigenvalue weighted by atomic mass is 9.97. The minimum Gasteiger partial charge on any atom is -0.480 e. The normalized spacial score (nSPS) is 11.2. The third kappa shape index (κ3) is 3.96. The Kier molecular flexibility index (Phi) is 5.78. The number of hydrogen-bond donors (Lipinski definition) is 1. The van der Waals surface area contributed by atoms with Gasteiger partial charge in [0.25, 0.3) is 0 Å². The molecule has 3 aromatic rings. The SMILES string of the molecule is CCn1ncc2c(-c3cncc(C)c3)c(COCC(=O)O)c(COC)nc21. The summed E-state index contributed by atoms with van der Waals surface area (Å²) in [5.41, 5.74) is 5.06. The van der Waals surface area contributed by atoms with E-state index < -0.39 is 5.97 Å². The molecule has 8 nitrogen and oxygen atoms in total. The second kappa shape index (κ2) is 8.24. The molecule has 0 saturated heterocycles. The van der Waals surface area contributed by atoms with Crippen LogP contribution < -0.4 is 0 Å². The zero-order valence-electron chi connectivity index (χ0n) is 15.6. The minimum absolute atomic E-state index is 0.106. The van der Waals surface area contributed by atoms with Gasteiger partial charge in [0.05, 0.1) is 25.1 Å². The van der Waals surface area contributed by atoms with Gasteiger partial charge < -0.3 is 14.6 Å². The minimum atomic E-state index is -1.02. The summed E-state index contributed by atoms with van der Waals surface area (Å²) in [6.45, 7) is 4.66. The second-order valence-electron chi connectivity index (χ2n) is 6.18. The van der Waals surface area contributed by atoms with Crippen LogP contribution in [0.2, 0.25) is 0 Å². The maximum Gasteiger partial charge on any atom is 0.329 e. The van der Waals surface area contributed by atoms with Crippen LogP contribution in [-0.2, 0) is 34.0 Å². The van der Waals surface area contributed by atoms with Crippen molar-refractivity contribution in [3.63, 3.8) is 0 Å². The molecule has 0 unspecified atom stereocenters. The van der Waals surface area contributed by atoms with Gasteiger partial charge in [-0.05, 0) is 25.5 Å². The largest absolute Gasteiger partial charge is 0.480 e. The number of carbonyl (C=O) groups is 1. The van der Waals surface area contributed by atoms with Crippen molar-refractivity contribution >= 4 is 17.0 Å². The molecule has 0 spiro atoms. The molecule has 1 N–H and O–H groups in total. The standard InChI is InChI=1S/C19H22N4O4/c1-4-23-19-14(8-21-23)18(13-5-12(2)6-20-7-13)15(9-27-11-17(24)25)16(22-19)10-26-3/h5-8H,4,9-11H2,1-3H3,(H,24,25). The highest BCUT2D eigenvalue weighted by Crippen LogP contribution is 2.34. The first kappa shape index (κ1) is 18.9. The van der Waals surface area contributed by atoms with Gasteiger partial charge in [-0.15, -0.1) is 0 Å². The number of aryl methyl sites for hydroxylation is 2. The third-order valence-electron chi connectivity index (χ3n) is 4.19. The zero-order chi connectivity index (χ0) is 19.4. The van der Waals surface area contributed by atoms with E-state index in [1.807, 2.05) is 24.6 Å². The molecule has 3 heterocycles. The first-order valence-corrected chi connectivity index (χ1v) is 8.62. The molecule has 0 amide bonds. The quantitative estimate of drug-likeness (QED) is 0.650. The van der Waals surface area contributed by atoms with Gasteiger partial charge in [0, 0.05) is 48.1 Å². The summed E-state index contributed by atoms with van der Waals surface area (Å²) >= 11 is 0. The fourth-order valence-corrected chi connectivity index (χ4v) is 3.08. The number of fused-ring (bicyclic) bond motifs is 1. The van der Waals surface area contributed by atoms with Crippen molar-refractivity contribution in [2.75, 3.05) is 13.7 Å². The third-order valence-corrected chi connectivity index (χ3v) is 4.19. The average Bonchev–Trinajstić information content (AvgIpc) is 3.04. The van der Waals surface area contributed by atoms with Gasteiger partial charge in [-0.25, -0.2) is 14.5 Å². The first-order chi connectivity index (χ1) is 13.0. The Morgan fingerprint density at radius 1 is 1.26 bits per heavy atom. The lowest BCUT2D eigenvalue weighted by molar-refractivity contribution is -0.142. The summed E-state index contributed by atoms with van der Waals surface area (Å²) in [5, 5.41) is 14.2. The lowest BCUT2D eigenvalue weighted by Crippen LogP contribution is -2.11. The van der Waals surface area contributed by atoms with Crippen molar-refractivity contribution in [1.29, 1.82) is 0 Å². The van der Waals surface area contributed by atoms with E-state index >= 15 is 0 Å². The Morgan fingerprint density at radius 3 is 2.74 bits per heavy atom. The Hall–Kier alpha value is -2.84. The topological polar surface area (TPSA) is 99.4 Å². The van der Waals surface area contributed by atoms with E-state index in [1.165, 1.54) is 0 Å². The number of methoxy groups -OCH3 is 1. The zero-order valence-corrected chi connectivity index (χ0v) is 15.6. The van der Waals surface area contributed by atoms with Crippen LogP contribution in [0.25, 0.3) is 22.2 Å². The van der Waals surface area contributed by atoms with Crippen molar-refractivity contribution in [3.05, 3.63) is 41.5 Å². The van der Waals surface area contributed by atoms with Crippen LogP contribution >= 0.6 is 0 Å². The highest BCUT2D eigenvalue weighted by Gasteiger charge is 2.20. The predicted octanol–water partition coefficient (Wildman–Crippen LogP) is 2.57. The summed E-state index contributed by atoms with van der Waals surface area (Å²) < 4.78 is 12.6. The monoisotopic (exact) mass is 370 g/mol. The molecule has 0 aliphatic heterocycles. The molecule has 8 heteroatoms. The van der Waals surface area contributed by atoms with Crippen molar-refractivity contribution in [3.8, 4) is 11.1 Å². The molecule has 0 aromatic carbocycles. The van der Waals surface area contributed by atoms with E-state index in [1.54, 1.807) is 25.7 Å². The van der Waals surface area contributed by atoms with Crippen LogP contribution in [0.5, 0.6) is 0 Å². The van der Waals surface area contributed by atoms with Gasteiger partial charge in [-0.3, -0.25) is 4.98 Å². The predicted molar refractivity (Wildman–Crippen MR) is 99.2 cm³/mol. The molecular formula is C19H22N4O4. The van der Waals surface area contributed by atoms with Crippen LogP contribution in [0.1, 0.15) is 23.7 Å². The smallest absolute Gasteiger partial charge is 0.329 e. The van der Waals surface area contributed by atoms with Crippen LogP contribution in [0.3, 0.4) is 0 Å². The first-order valence-electron chi connectivity index (χ1n) is 8.62. The number of aliphatic carboxylic acids is 1. The maximum atomic E-state index is 10.9. The molecule has 3 rings (SSSR count). The van der Waals surface area contributed by atoms with E-state index in [4.69, 9.17) is 19.6 Å². The van der Waals surface area contributed by atoms with Gasteiger partial charge in [0.1, 0.15) is 6.61 Å². The number of hydrogen-bond acceptors (Lipinski definition) is 6. The Balaban J connectivity index is 2.25. The lowest BCUT2D eigenvalue weighted by Gasteiger charge is -2.16. The average molecular weight is 370 g/mol. The molecule has 27 heavy (non-hydrogen) atoms. The number of nitrogens with zero attached hydrogens (tertiary/aromatic N) is 4. The van der Waals surface area contributed by atoms with Gasteiger partial charge >= 0.3 is 5.97 Å². The summed E-state index contributed by atoms with van der Waals surface area (Å²) in [6, 6.07) is 2.03. The molecule has 0 bridgehead atoms. The Labute approximate surface area is 156 Å². The molecule has 0 aliphatic carbocycles. The fourth-order valence-electron chi connectivity index (χ4n) is 3.08. The van der Waals surface area contributed by atoms with Crippen LogP contribution in [0.4, 0.5) is 0 Å². The number of rotatable bonds is 8. The number of carboxylic acids is 1. The van der Waals surface area contributed by atoms with Crippen molar-refractivity contribution in [2.45, 2.75) is 33.6 Å². The molecule has 0 aliphatic rings. The summed E-state index contributed by atoms with van der Waals surface area (Å²) in [6.07, 6.45) is 5.34. The van der Waals surface area contributed by atoms with E-state index in [0.29, 0.717) is 12.2 Å². The van der Waals surface area contributed by atoms with Crippen LogP contribution in [-0.4, -0.2) is 44.5 Å². The Morgan fingerprint density at radius 2 is 2.07 bits per heavy atom. The van der Waals surface area contributed by atoms with Gasteiger partial charge in [0.15, 0.2) is 5.65 Å². The molecule has 0 atom stereocenters. The van der Waals surface area contributed by atoms with E-state index in [2.05, 4.69) is 10.1 Å². The number of aromatic nitrogens is 4. The Bertz CT molecular complexity index is 968. The van der Waals surface area contributed by atoms with Gasteiger partial charge in [-0.2, -0.15) is 5.10 Å². The molecule has 0 fully saturated rings. The van der Waals surface area contributed by atoms with Crippen LogP contribution in [0, 0.1) is 6.92 Å². The number of pyridine rings is 2. The van der Waals surface area contributed by atoms with Crippen molar-refractivity contribution in [1.82, 2.24) is 19.7 Å². The molecule has 3 aromatic heterocycles. The van der Waals surface area contributed by atoms with E-state index in [9.17, 15) is 4.79 Å². The molecule has 0 saturated carbocycles. The van der Waals surface area contributed by atoms with Gasteiger partial charge in [0.2, 0.25) is 0 Å². The van der Waals surface area contributed by atoms with Crippen molar-refractivity contribution in [2.24, 2.45) is 0 Å². The molecular weight excluding hydrogens is 348 g/mol. The van der Waals surface area contributed by atoms with Gasteiger partial charge in [-0.1, -0.05) is 0 Å². The maximum absolute atomic E-state index is 10.9. The van der Waals surface area contributed by atoms with E-state index in [0.717, 1.165) is 33.3 Å². The molecule has 0 radical (unpaired) electrons. The number of ether oxygens (including phenoxy) is 2. The highest BCUT2D eigenvalue weighted by molar-refractivity contribution is 5.94. The number of carboxylic acid groups (broad SMARTS) is 1. The van der Waals surface area contributed by atoms with Crippen molar-refractivity contribution < 1.29 is 19.4 Å². The second-order valence-corrected chi connectivity index (χ2v) is 6.18. The van der Waals surface area contributed by atoms with Crippen LogP contribution in [0.15, 0.2) is 24.7 Å². The summed E-state index contributed by atoms with van der Waals surface area (Å²) in [4.78, 5) is 19.9. The molecule has 142 valence electrons. The summed E-state index contributed by atoms with van der Waals surface area (Å²) in [5.74, 6) is -1.02. The van der Waals surface area contributed by atoms with E-state index in [-0.39, 0.29) is 19.8 Å². The highest BCUT2D eigenvalue weighted by atomic mass is 16.5.